The van der Waals surface area contributed by atoms with Gasteiger partial charge in [-0.15, -0.1) is 4.68 Å². The van der Waals surface area contributed by atoms with Gasteiger partial charge in [-0.2, -0.15) is 0 Å². The van der Waals surface area contributed by atoms with Crippen LogP contribution >= 0.6 is 11.6 Å². The second-order valence-corrected chi connectivity index (χ2v) is 7.68. The number of hydrogen-bond donors (Lipinski definition) is 1. The van der Waals surface area contributed by atoms with Crippen molar-refractivity contribution in [3.63, 3.8) is 0 Å². The van der Waals surface area contributed by atoms with Crippen molar-refractivity contribution in [1.82, 2.24) is 9.78 Å². The minimum absolute atomic E-state index is 0. The van der Waals surface area contributed by atoms with Gasteiger partial charge in [0.15, 0.2) is 12.3 Å². The molecule has 0 bridgehead atoms. The second-order valence-electron chi connectivity index (χ2n) is 7.24. The summed E-state index contributed by atoms with van der Waals surface area (Å²) in [5.41, 5.74) is 1.46. The maximum Gasteiger partial charge on any atom is 0.296 e. The molecule has 0 fully saturated rings. The molecule has 3 aromatic rings. The molecule has 8 heteroatoms. The number of carbonyl (C=O) groups excluding carboxylic acids is 1. The Morgan fingerprint density at radius 2 is 1.83 bits per heavy atom. The zero-order valence-electron chi connectivity index (χ0n) is 16.5. The van der Waals surface area contributed by atoms with E-state index in [-0.39, 0.29) is 35.1 Å². The number of nitrogens with one attached hydrogen (secondary N) is 1. The number of aromatic nitrogens is 3. The van der Waals surface area contributed by atoms with Gasteiger partial charge in [0, 0.05) is 27.8 Å². The van der Waals surface area contributed by atoms with Crippen molar-refractivity contribution >= 4 is 23.1 Å². The van der Waals surface area contributed by atoms with Gasteiger partial charge in [0.1, 0.15) is 12.4 Å². The summed E-state index contributed by atoms with van der Waals surface area (Å²) in [6, 6.07) is 13.2. The van der Waals surface area contributed by atoms with Crippen LogP contribution in [0.4, 0.5) is 10.1 Å². The van der Waals surface area contributed by atoms with E-state index in [1.165, 1.54) is 24.3 Å². The SMILES string of the molecule is O=C(Cn1nc(CNc2ccc(Cl)cc2)[n+]2c1CCCCC2)c1ccc(F)cc1.[Br-]. The predicted octanol–water partition coefficient (Wildman–Crippen LogP) is 1.19. The third-order valence-electron chi connectivity index (χ3n) is 5.19. The van der Waals surface area contributed by atoms with E-state index < -0.39 is 0 Å². The highest BCUT2D eigenvalue weighted by Gasteiger charge is 2.28. The molecular formula is C22H23BrClFN4O. The van der Waals surface area contributed by atoms with Crippen molar-refractivity contribution in [2.45, 2.75) is 45.3 Å². The zero-order chi connectivity index (χ0) is 20.2. The lowest BCUT2D eigenvalue weighted by atomic mass is 10.1. The molecule has 0 saturated heterocycles. The maximum atomic E-state index is 13.2. The van der Waals surface area contributed by atoms with E-state index in [9.17, 15) is 9.18 Å². The Kier molecular flexibility index (Phi) is 7.61. The van der Waals surface area contributed by atoms with Crippen molar-refractivity contribution in [2.75, 3.05) is 5.32 Å². The van der Waals surface area contributed by atoms with Gasteiger partial charge in [0.2, 0.25) is 5.82 Å². The van der Waals surface area contributed by atoms with E-state index in [0.717, 1.165) is 49.6 Å². The van der Waals surface area contributed by atoms with Crippen LogP contribution in [0.2, 0.25) is 5.02 Å². The lowest BCUT2D eigenvalue weighted by molar-refractivity contribution is -0.710. The van der Waals surface area contributed by atoms with Crippen LogP contribution in [0.5, 0.6) is 0 Å². The molecule has 30 heavy (non-hydrogen) atoms. The molecule has 1 aromatic heterocycles. The van der Waals surface area contributed by atoms with Crippen LogP contribution in [0, 0.1) is 5.82 Å². The summed E-state index contributed by atoms with van der Waals surface area (Å²) >= 11 is 5.95. The van der Waals surface area contributed by atoms with Crippen LogP contribution in [-0.2, 0) is 26.1 Å². The number of Topliss-reactive ketones (excluding diaryl/α,β-unsaturated/α-hetero) is 1. The number of fused-ring (bicyclic) bond motifs is 1. The molecule has 0 aliphatic carbocycles. The van der Waals surface area contributed by atoms with Crippen molar-refractivity contribution < 1.29 is 30.7 Å². The molecule has 0 atom stereocenters. The standard InChI is InChI=1S/C22H23ClFN4O.BrH/c23-17-7-11-19(12-8-17)25-14-21-26-28(22-4-2-1-3-13-27(21)22)15-20(29)16-5-9-18(24)10-6-16;/h5-12,25H,1-4,13-15H2;1H/q+1;/p-1. The molecule has 158 valence electrons. The number of anilines is 1. The lowest BCUT2D eigenvalue weighted by Crippen LogP contribution is -3.00. The fraction of sp³-hybridized carbons (Fsp3) is 0.318. The summed E-state index contributed by atoms with van der Waals surface area (Å²) in [7, 11) is 0. The average Bonchev–Trinajstić information content (AvgIpc) is 2.89. The van der Waals surface area contributed by atoms with Crippen LogP contribution in [0.3, 0.4) is 0 Å². The Balaban J connectivity index is 0.00000256. The topological polar surface area (TPSA) is 50.8 Å². The third kappa shape index (κ3) is 5.26. The predicted molar refractivity (Wildman–Crippen MR) is 109 cm³/mol. The first-order valence-corrected chi connectivity index (χ1v) is 10.2. The first-order valence-electron chi connectivity index (χ1n) is 9.87. The molecule has 1 N–H and O–H groups in total. The van der Waals surface area contributed by atoms with Crippen molar-refractivity contribution in [2.24, 2.45) is 0 Å². The Hall–Kier alpha value is -2.25. The molecule has 0 saturated carbocycles. The van der Waals surface area contributed by atoms with Gasteiger partial charge in [-0.3, -0.25) is 4.79 Å². The lowest BCUT2D eigenvalue weighted by Gasteiger charge is -2.04. The summed E-state index contributed by atoms with van der Waals surface area (Å²) in [5.74, 6) is 1.56. The third-order valence-corrected chi connectivity index (χ3v) is 5.45. The van der Waals surface area contributed by atoms with Gasteiger partial charge >= 0.3 is 0 Å². The molecule has 2 aromatic carbocycles. The van der Waals surface area contributed by atoms with E-state index >= 15 is 0 Å². The van der Waals surface area contributed by atoms with Crippen LogP contribution in [0.1, 0.15) is 41.3 Å². The van der Waals surface area contributed by atoms with Crippen LogP contribution in [-0.4, -0.2) is 15.6 Å². The van der Waals surface area contributed by atoms with Crippen molar-refractivity contribution in [3.8, 4) is 0 Å². The summed E-state index contributed by atoms with van der Waals surface area (Å²) in [6.45, 7) is 1.62. The zero-order valence-corrected chi connectivity index (χ0v) is 18.8. The number of benzene rings is 2. The number of carbonyl (C=O) groups is 1. The second kappa shape index (κ2) is 10.2. The molecule has 5 nitrogen and oxygen atoms in total. The van der Waals surface area contributed by atoms with Crippen molar-refractivity contribution in [3.05, 3.63) is 76.6 Å². The minimum atomic E-state index is -0.347. The number of nitrogens with zero attached hydrogens (tertiary/aromatic N) is 3. The van der Waals surface area contributed by atoms with Gasteiger partial charge in [0.25, 0.3) is 5.82 Å². The van der Waals surface area contributed by atoms with Crippen LogP contribution in [0.25, 0.3) is 0 Å². The largest absolute Gasteiger partial charge is 1.00 e. The number of halogens is 3. The summed E-state index contributed by atoms with van der Waals surface area (Å²) in [5, 5.41) is 8.82. The average molecular weight is 494 g/mol. The van der Waals surface area contributed by atoms with Gasteiger partial charge in [0.05, 0.1) is 6.54 Å². The van der Waals surface area contributed by atoms with E-state index in [1.807, 2.05) is 28.9 Å². The molecular weight excluding hydrogens is 471 g/mol. The summed E-state index contributed by atoms with van der Waals surface area (Å²) < 4.78 is 17.2. The Morgan fingerprint density at radius 1 is 1.10 bits per heavy atom. The van der Waals surface area contributed by atoms with Gasteiger partial charge in [-0.05, 0) is 67.8 Å². The van der Waals surface area contributed by atoms with Gasteiger partial charge < -0.3 is 22.3 Å². The first-order chi connectivity index (χ1) is 14.1. The smallest absolute Gasteiger partial charge is 0.296 e. The summed E-state index contributed by atoms with van der Waals surface area (Å²) in [4.78, 5) is 12.7. The monoisotopic (exact) mass is 492 g/mol. The fourth-order valence-corrected chi connectivity index (χ4v) is 3.79. The molecule has 0 unspecified atom stereocenters. The minimum Gasteiger partial charge on any atom is -1.00 e. The van der Waals surface area contributed by atoms with E-state index in [1.54, 1.807) is 0 Å². The molecule has 0 radical (unpaired) electrons. The van der Waals surface area contributed by atoms with Gasteiger partial charge in [-0.25, -0.2) is 8.96 Å². The normalized spacial score (nSPS) is 13.1. The summed E-state index contributed by atoms with van der Waals surface area (Å²) in [6.07, 6.45) is 4.24. The van der Waals surface area contributed by atoms with Crippen LogP contribution in [0.15, 0.2) is 48.5 Å². The number of hydrogen-bond acceptors (Lipinski definition) is 3. The number of rotatable bonds is 6. The molecule has 1 aliphatic heterocycles. The highest BCUT2D eigenvalue weighted by molar-refractivity contribution is 6.30. The van der Waals surface area contributed by atoms with Gasteiger partial charge in [-0.1, -0.05) is 11.6 Å². The molecule has 0 amide bonds. The van der Waals surface area contributed by atoms with E-state index in [4.69, 9.17) is 16.7 Å². The molecule has 1 aliphatic rings. The molecule has 4 rings (SSSR count). The Bertz CT molecular complexity index is 1010. The molecule has 2 heterocycles. The highest BCUT2D eigenvalue weighted by Crippen LogP contribution is 2.15. The van der Waals surface area contributed by atoms with E-state index in [0.29, 0.717) is 17.1 Å². The van der Waals surface area contributed by atoms with Crippen LogP contribution < -0.4 is 26.9 Å². The maximum absolute atomic E-state index is 13.2. The Labute approximate surface area is 190 Å². The highest BCUT2D eigenvalue weighted by atomic mass is 79.9. The fourth-order valence-electron chi connectivity index (χ4n) is 3.66. The quantitative estimate of drug-likeness (QED) is 0.415. The molecule has 0 spiro atoms. The van der Waals surface area contributed by atoms with E-state index in [2.05, 4.69) is 9.88 Å². The first kappa shape index (κ1) is 22.4. The number of ketones is 1. The van der Waals surface area contributed by atoms with Crippen molar-refractivity contribution in [1.29, 1.82) is 0 Å². The Morgan fingerprint density at radius 3 is 2.57 bits per heavy atom.